The maximum Gasteiger partial charge on any atom is 0.303 e. The van der Waals surface area contributed by atoms with Crippen LogP contribution in [0.15, 0.2) is 48.6 Å². The van der Waals surface area contributed by atoms with Crippen molar-refractivity contribution in [2.75, 3.05) is 0 Å². The van der Waals surface area contributed by atoms with E-state index in [4.69, 9.17) is 5.11 Å². The first-order valence-electron chi connectivity index (χ1n) is 10.5. The quantitative estimate of drug-likeness (QED) is 0.269. The number of hydrogen-bond acceptors (Lipinski definition) is 1. The second-order valence-corrected chi connectivity index (χ2v) is 8.09. The molecule has 2 heteroatoms. The van der Waals surface area contributed by atoms with Crippen molar-refractivity contribution >= 4 is 5.97 Å². The summed E-state index contributed by atoms with van der Waals surface area (Å²) in [5.41, 5.74) is 0.592. The average molecular weight is 357 g/mol. The van der Waals surface area contributed by atoms with Gasteiger partial charge in [0.25, 0.3) is 0 Å². The molecule has 0 aromatic rings. The smallest absolute Gasteiger partial charge is 0.303 e. The first-order valence-corrected chi connectivity index (χ1v) is 10.5. The van der Waals surface area contributed by atoms with Gasteiger partial charge in [0, 0.05) is 17.3 Å². The van der Waals surface area contributed by atoms with Crippen molar-refractivity contribution in [1.29, 1.82) is 0 Å². The SMILES string of the molecule is CCCCC/C=C/C/C=C/C1(/C=C/C2(/C=C/CCCC(=O)O)CC2)CC1. The third kappa shape index (κ3) is 8.21. The van der Waals surface area contributed by atoms with E-state index < -0.39 is 5.97 Å². The highest BCUT2D eigenvalue weighted by Gasteiger charge is 2.41. The monoisotopic (exact) mass is 356 g/mol. The zero-order valence-corrected chi connectivity index (χ0v) is 16.5. The van der Waals surface area contributed by atoms with Crippen molar-refractivity contribution in [3.8, 4) is 0 Å². The van der Waals surface area contributed by atoms with Crippen molar-refractivity contribution in [3.63, 3.8) is 0 Å². The van der Waals surface area contributed by atoms with E-state index in [0.717, 1.165) is 19.3 Å². The highest BCUT2D eigenvalue weighted by Crippen LogP contribution is 2.53. The topological polar surface area (TPSA) is 37.3 Å². The van der Waals surface area contributed by atoms with E-state index in [-0.39, 0.29) is 11.8 Å². The normalized spacial score (nSPS) is 20.7. The predicted molar refractivity (Wildman–Crippen MR) is 110 cm³/mol. The lowest BCUT2D eigenvalue weighted by molar-refractivity contribution is -0.137. The largest absolute Gasteiger partial charge is 0.481 e. The summed E-state index contributed by atoms with van der Waals surface area (Å²) in [5.74, 6) is -0.697. The molecule has 144 valence electrons. The molecule has 0 radical (unpaired) electrons. The van der Waals surface area contributed by atoms with Gasteiger partial charge in [-0.3, -0.25) is 4.79 Å². The second kappa shape index (κ2) is 10.5. The van der Waals surface area contributed by atoms with Crippen molar-refractivity contribution in [3.05, 3.63) is 48.6 Å². The Morgan fingerprint density at radius 2 is 1.42 bits per heavy atom. The average Bonchev–Trinajstić information content (AvgIpc) is 3.52. The van der Waals surface area contributed by atoms with Crippen LogP contribution in [0.4, 0.5) is 0 Å². The molecule has 2 nitrogen and oxygen atoms in total. The first kappa shape index (κ1) is 20.7. The van der Waals surface area contributed by atoms with E-state index in [1.165, 1.54) is 51.4 Å². The van der Waals surface area contributed by atoms with Gasteiger partial charge in [-0.15, -0.1) is 0 Å². The van der Waals surface area contributed by atoms with Crippen LogP contribution in [0, 0.1) is 10.8 Å². The van der Waals surface area contributed by atoms with Crippen molar-refractivity contribution in [2.45, 2.75) is 84.0 Å². The van der Waals surface area contributed by atoms with Crippen LogP contribution in [0.3, 0.4) is 0 Å². The minimum absolute atomic E-state index is 0.270. The number of rotatable bonds is 14. The number of carbonyl (C=O) groups is 1. The highest BCUT2D eigenvalue weighted by atomic mass is 16.4. The summed E-state index contributed by atoms with van der Waals surface area (Å²) < 4.78 is 0. The van der Waals surface area contributed by atoms with Gasteiger partial charge < -0.3 is 5.11 Å². The molecule has 1 N–H and O–H groups in total. The Labute approximate surface area is 159 Å². The second-order valence-electron chi connectivity index (χ2n) is 8.09. The molecule has 0 saturated heterocycles. The van der Waals surface area contributed by atoms with Gasteiger partial charge in [-0.25, -0.2) is 0 Å². The van der Waals surface area contributed by atoms with Crippen LogP contribution >= 0.6 is 0 Å². The molecule has 0 amide bonds. The van der Waals surface area contributed by atoms with Gasteiger partial charge in [0.15, 0.2) is 0 Å². The maximum absolute atomic E-state index is 10.5. The summed E-state index contributed by atoms with van der Waals surface area (Å²) >= 11 is 0. The first-order chi connectivity index (χ1) is 12.6. The van der Waals surface area contributed by atoms with Crippen LogP contribution < -0.4 is 0 Å². The molecule has 0 heterocycles. The molecule has 0 spiro atoms. The third-order valence-corrected chi connectivity index (χ3v) is 5.48. The summed E-state index contributed by atoms with van der Waals surface area (Å²) in [6.45, 7) is 2.25. The molecule has 2 saturated carbocycles. The fourth-order valence-corrected chi connectivity index (χ4v) is 3.20. The molecular weight excluding hydrogens is 320 g/mol. The molecule has 2 fully saturated rings. The summed E-state index contributed by atoms with van der Waals surface area (Å²) in [6.07, 6.45) is 31.8. The van der Waals surface area contributed by atoms with Crippen molar-refractivity contribution < 1.29 is 9.90 Å². The summed E-state index contributed by atoms with van der Waals surface area (Å²) in [6, 6.07) is 0. The highest BCUT2D eigenvalue weighted by molar-refractivity contribution is 5.66. The van der Waals surface area contributed by atoms with E-state index in [2.05, 4.69) is 55.5 Å². The van der Waals surface area contributed by atoms with Gasteiger partial charge >= 0.3 is 5.97 Å². The molecule has 0 atom stereocenters. The zero-order chi connectivity index (χ0) is 18.7. The lowest BCUT2D eigenvalue weighted by Crippen LogP contribution is -1.95. The van der Waals surface area contributed by atoms with Crippen LogP contribution in [0.25, 0.3) is 0 Å². The van der Waals surface area contributed by atoms with Gasteiger partial charge in [0.2, 0.25) is 0 Å². The molecule has 0 aromatic carbocycles. The van der Waals surface area contributed by atoms with Crippen LogP contribution in [-0.4, -0.2) is 11.1 Å². The molecule has 2 aliphatic rings. The van der Waals surface area contributed by atoms with Crippen molar-refractivity contribution in [1.82, 2.24) is 0 Å². The van der Waals surface area contributed by atoms with E-state index in [9.17, 15) is 4.79 Å². The molecule has 2 aliphatic carbocycles. The Hall–Kier alpha value is -1.57. The standard InChI is InChI=1S/C24H36O2/c1-2-3-4-5-6-7-8-11-14-23(16-17-23)18-19-24(20-21-24)15-12-9-10-13-22(25)26/h6-7,11-12,14-15,18-19H,2-5,8-10,13,16-17,20-21H2,1H3,(H,25,26)/b7-6+,14-11+,15-12+,19-18+. The fourth-order valence-electron chi connectivity index (χ4n) is 3.20. The number of carboxylic acids is 1. The number of unbranched alkanes of at least 4 members (excludes halogenated alkanes) is 4. The summed E-state index contributed by atoms with van der Waals surface area (Å²) in [5, 5.41) is 8.67. The molecule has 0 bridgehead atoms. The van der Waals surface area contributed by atoms with Crippen LogP contribution in [0.5, 0.6) is 0 Å². The summed E-state index contributed by atoms with van der Waals surface area (Å²) in [4.78, 5) is 10.5. The van der Waals surface area contributed by atoms with Gasteiger partial charge in [0.1, 0.15) is 0 Å². The van der Waals surface area contributed by atoms with E-state index >= 15 is 0 Å². The lowest BCUT2D eigenvalue weighted by atomic mass is 9.98. The Balaban J connectivity index is 1.69. The van der Waals surface area contributed by atoms with Crippen LogP contribution in [0.1, 0.15) is 84.0 Å². The van der Waals surface area contributed by atoms with E-state index in [1.54, 1.807) is 0 Å². The number of hydrogen-bond donors (Lipinski definition) is 1. The minimum atomic E-state index is -0.697. The molecule has 2 rings (SSSR count). The molecule has 0 aliphatic heterocycles. The molecule has 0 unspecified atom stereocenters. The van der Waals surface area contributed by atoms with Crippen LogP contribution in [0.2, 0.25) is 0 Å². The predicted octanol–water partition coefficient (Wildman–Crippen LogP) is 7.00. The Bertz CT molecular complexity index is 543. The van der Waals surface area contributed by atoms with E-state index in [0.29, 0.717) is 5.41 Å². The summed E-state index contributed by atoms with van der Waals surface area (Å²) in [7, 11) is 0. The van der Waals surface area contributed by atoms with Crippen LogP contribution in [-0.2, 0) is 4.79 Å². The van der Waals surface area contributed by atoms with Gasteiger partial charge in [-0.05, 0) is 57.8 Å². The number of aliphatic carboxylic acids is 1. The van der Waals surface area contributed by atoms with E-state index in [1.807, 2.05) is 0 Å². The molecular formula is C24H36O2. The Morgan fingerprint density at radius 1 is 0.808 bits per heavy atom. The Morgan fingerprint density at radius 3 is 2.00 bits per heavy atom. The Kier molecular flexibility index (Phi) is 8.41. The maximum atomic E-state index is 10.5. The lowest BCUT2D eigenvalue weighted by Gasteiger charge is -2.07. The fraction of sp³-hybridized carbons (Fsp3) is 0.625. The third-order valence-electron chi connectivity index (χ3n) is 5.48. The van der Waals surface area contributed by atoms with Gasteiger partial charge in [-0.2, -0.15) is 0 Å². The van der Waals surface area contributed by atoms with Crippen molar-refractivity contribution in [2.24, 2.45) is 10.8 Å². The number of allylic oxidation sites excluding steroid dienone is 8. The zero-order valence-electron chi connectivity index (χ0n) is 16.5. The molecule has 26 heavy (non-hydrogen) atoms. The molecule has 0 aromatic heterocycles. The van der Waals surface area contributed by atoms with Gasteiger partial charge in [0.05, 0.1) is 0 Å². The minimum Gasteiger partial charge on any atom is -0.481 e. The van der Waals surface area contributed by atoms with Gasteiger partial charge in [-0.1, -0.05) is 68.4 Å². The number of carboxylic acid groups (broad SMARTS) is 1.